The van der Waals surface area contributed by atoms with Crippen molar-refractivity contribution in [1.82, 2.24) is 4.31 Å². The summed E-state index contributed by atoms with van der Waals surface area (Å²) in [5.41, 5.74) is 0.934. The molecule has 0 saturated carbocycles. The SMILES string of the molecule is COc1ccc(Cl)cc1NCC(=O)c1cccc(S(=O)(=O)N2CCCC(C)C2)c1. The molecule has 1 fully saturated rings. The van der Waals surface area contributed by atoms with Crippen molar-refractivity contribution in [3.8, 4) is 5.75 Å². The molecule has 0 spiro atoms. The Bertz CT molecular complexity index is 994. The standard InChI is InChI=1S/C21H25ClN2O4S/c1-15-5-4-10-24(14-15)29(26,27)18-7-3-6-16(11-18)20(25)13-23-19-12-17(22)8-9-21(19)28-2/h3,6-9,11-12,15,23H,4-5,10,13-14H2,1-2H3. The van der Waals surface area contributed by atoms with E-state index in [0.29, 0.717) is 41.0 Å². The molecule has 2 aromatic carbocycles. The number of anilines is 1. The van der Waals surface area contributed by atoms with Gasteiger partial charge in [0.05, 0.1) is 24.2 Å². The highest BCUT2D eigenvalue weighted by molar-refractivity contribution is 7.89. The molecule has 1 aliphatic rings. The quantitative estimate of drug-likeness (QED) is 0.662. The van der Waals surface area contributed by atoms with Gasteiger partial charge in [-0.05, 0) is 49.1 Å². The minimum Gasteiger partial charge on any atom is -0.495 e. The molecular weight excluding hydrogens is 412 g/mol. The predicted molar refractivity (Wildman–Crippen MR) is 114 cm³/mol. The van der Waals surface area contributed by atoms with Gasteiger partial charge in [-0.15, -0.1) is 0 Å². The normalized spacial score (nSPS) is 17.7. The number of ketones is 1. The van der Waals surface area contributed by atoms with Crippen molar-refractivity contribution in [2.75, 3.05) is 32.1 Å². The van der Waals surface area contributed by atoms with Crippen LogP contribution in [0, 0.1) is 5.92 Å². The monoisotopic (exact) mass is 436 g/mol. The largest absolute Gasteiger partial charge is 0.495 e. The summed E-state index contributed by atoms with van der Waals surface area (Å²) >= 11 is 6.01. The van der Waals surface area contributed by atoms with Gasteiger partial charge >= 0.3 is 0 Å². The van der Waals surface area contributed by atoms with Gasteiger partial charge in [0.15, 0.2) is 5.78 Å². The molecule has 156 valence electrons. The fourth-order valence-corrected chi connectivity index (χ4v) is 5.26. The van der Waals surface area contributed by atoms with Crippen LogP contribution >= 0.6 is 11.6 Å². The number of Topliss-reactive ketones (excluding diaryl/α,β-unsaturated/α-hetero) is 1. The zero-order valence-corrected chi connectivity index (χ0v) is 18.1. The van der Waals surface area contributed by atoms with E-state index in [1.807, 2.05) is 0 Å². The summed E-state index contributed by atoms with van der Waals surface area (Å²) in [7, 11) is -2.08. The molecule has 0 amide bonds. The highest BCUT2D eigenvalue weighted by Crippen LogP contribution is 2.28. The van der Waals surface area contributed by atoms with Crippen LogP contribution in [0.4, 0.5) is 5.69 Å². The number of sulfonamides is 1. The van der Waals surface area contributed by atoms with Gasteiger partial charge in [0, 0.05) is 23.7 Å². The van der Waals surface area contributed by atoms with E-state index < -0.39 is 10.0 Å². The smallest absolute Gasteiger partial charge is 0.243 e. The third-order valence-corrected chi connectivity index (χ3v) is 7.11. The van der Waals surface area contributed by atoms with Crippen molar-refractivity contribution in [3.05, 3.63) is 53.1 Å². The van der Waals surface area contributed by atoms with Crippen LogP contribution in [0.25, 0.3) is 0 Å². The average Bonchev–Trinajstić information content (AvgIpc) is 2.72. The van der Waals surface area contributed by atoms with Gasteiger partial charge in [-0.3, -0.25) is 4.79 Å². The number of rotatable bonds is 7. The maximum absolute atomic E-state index is 13.0. The van der Waals surface area contributed by atoms with Gasteiger partial charge in [0.2, 0.25) is 10.0 Å². The number of nitrogens with one attached hydrogen (secondary N) is 1. The van der Waals surface area contributed by atoms with E-state index in [1.165, 1.54) is 17.5 Å². The molecule has 0 aliphatic carbocycles. The number of benzene rings is 2. The molecule has 1 unspecified atom stereocenters. The number of hydrogen-bond acceptors (Lipinski definition) is 5. The Morgan fingerprint density at radius 2 is 2.07 bits per heavy atom. The van der Waals surface area contributed by atoms with Crippen molar-refractivity contribution in [2.45, 2.75) is 24.7 Å². The van der Waals surface area contributed by atoms with Crippen molar-refractivity contribution in [3.63, 3.8) is 0 Å². The van der Waals surface area contributed by atoms with Crippen LogP contribution in [0.15, 0.2) is 47.4 Å². The lowest BCUT2D eigenvalue weighted by Crippen LogP contribution is -2.39. The molecule has 0 bridgehead atoms. The summed E-state index contributed by atoms with van der Waals surface area (Å²) in [5, 5.41) is 3.53. The Balaban J connectivity index is 1.75. The Morgan fingerprint density at radius 3 is 2.79 bits per heavy atom. The minimum atomic E-state index is -3.61. The van der Waals surface area contributed by atoms with Gasteiger partial charge in [-0.2, -0.15) is 4.31 Å². The maximum atomic E-state index is 13.0. The lowest BCUT2D eigenvalue weighted by atomic mass is 10.0. The van der Waals surface area contributed by atoms with Crippen molar-refractivity contribution in [1.29, 1.82) is 0 Å². The molecule has 1 saturated heterocycles. The molecule has 1 atom stereocenters. The van der Waals surface area contributed by atoms with Gasteiger partial charge < -0.3 is 10.1 Å². The van der Waals surface area contributed by atoms with Crippen LogP contribution in [0.3, 0.4) is 0 Å². The Kier molecular flexibility index (Phi) is 6.82. The molecular formula is C21H25ClN2O4S. The third kappa shape index (κ3) is 5.10. The zero-order chi connectivity index (χ0) is 21.0. The number of carbonyl (C=O) groups excluding carboxylic acids is 1. The highest BCUT2D eigenvalue weighted by atomic mass is 35.5. The minimum absolute atomic E-state index is 0.0129. The van der Waals surface area contributed by atoms with Crippen molar-refractivity contribution >= 4 is 33.1 Å². The first-order valence-electron chi connectivity index (χ1n) is 9.52. The summed E-state index contributed by atoms with van der Waals surface area (Å²) in [5.74, 6) is 0.675. The first-order chi connectivity index (χ1) is 13.8. The Morgan fingerprint density at radius 1 is 1.28 bits per heavy atom. The van der Waals surface area contributed by atoms with E-state index in [9.17, 15) is 13.2 Å². The lowest BCUT2D eigenvalue weighted by molar-refractivity contribution is 0.101. The number of nitrogens with zero attached hydrogens (tertiary/aromatic N) is 1. The summed E-state index contributed by atoms with van der Waals surface area (Å²) in [4.78, 5) is 12.8. The fourth-order valence-electron chi connectivity index (χ4n) is 3.44. The van der Waals surface area contributed by atoms with Crippen molar-refractivity contribution in [2.24, 2.45) is 5.92 Å². The number of hydrogen-bond donors (Lipinski definition) is 1. The Hall–Kier alpha value is -2.09. The molecule has 0 radical (unpaired) electrons. The number of piperidine rings is 1. The summed E-state index contributed by atoms with van der Waals surface area (Å²) in [6, 6.07) is 11.3. The second-order valence-corrected chi connectivity index (χ2v) is 9.63. The molecule has 1 N–H and O–H groups in total. The third-order valence-electron chi connectivity index (χ3n) is 5.01. The van der Waals surface area contributed by atoms with Crippen LogP contribution in [0.1, 0.15) is 30.1 Å². The second kappa shape index (κ2) is 9.15. The first kappa shape index (κ1) is 21.6. The van der Waals surface area contributed by atoms with E-state index in [0.717, 1.165) is 12.8 Å². The van der Waals surface area contributed by atoms with Crippen LogP contribution in [-0.2, 0) is 10.0 Å². The van der Waals surface area contributed by atoms with Gasteiger partial charge in [0.25, 0.3) is 0 Å². The molecule has 1 heterocycles. The van der Waals surface area contributed by atoms with E-state index in [2.05, 4.69) is 12.2 Å². The molecule has 0 aromatic heterocycles. The van der Waals surface area contributed by atoms with Crippen LogP contribution in [0.5, 0.6) is 5.75 Å². The zero-order valence-electron chi connectivity index (χ0n) is 16.5. The second-order valence-electron chi connectivity index (χ2n) is 7.26. The topological polar surface area (TPSA) is 75.7 Å². The highest BCUT2D eigenvalue weighted by Gasteiger charge is 2.29. The van der Waals surface area contributed by atoms with E-state index >= 15 is 0 Å². The predicted octanol–water partition coefficient (Wildman–Crippen LogP) is 4.06. The van der Waals surface area contributed by atoms with E-state index in [1.54, 1.807) is 36.4 Å². The van der Waals surface area contributed by atoms with Gasteiger partial charge in [-0.1, -0.05) is 30.7 Å². The molecule has 3 rings (SSSR count). The van der Waals surface area contributed by atoms with Crippen LogP contribution < -0.4 is 10.1 Å². The van der Waals surface area contributed by atoms with Gasteiger partial charge in [-0.25, -0.2) is 8.42 Å². The summed E-state index contributed by atoms with van der Waals surface area (Å²) < 4.78 is 32.7. The Labute approximate surface area is 176 Å². The maximum Gasteiger partial charge on any atom is 0.243 e. The summed E-state index contributed by atoms with van der Waals surface area (Å²) in [6.45, 7) is 3.07. The average molecular weight is 437 g/mol. The number of carbonyl (C=O) groups is 1. The molecule has 6 nitrogen and oxygen atoms in total. The molecule has 1 aliphatic heterocycles. The molecule has 29 heavy (non-hydrogen) atoms. The lowest BCUT2D eigenvalue weighted by Gasteiger charge is -2.30. The van der Waals surface area contributed by atoms with Crippen molar-refractivity contribution < 1.29 is 17.9 Å². The number of ether oxygens (including phenoxy) is 1. The number of methoxy groups -OCH3 is 1. The van der Waals surface area contributed by atoms with Crippen LogP contribution in [-0.4, -0.2) is 45.3 Å². The molecule has 2 aromatic rings. The van der Waals surface area contributed by atoms with Crippen LogP contribution in [0.2, 0.25) is 5.02 Å². The first-order valence-corrected chi connectivity index (χ1v) is 11.3. The van der Waals surface area contributed by atoms with Gasteiger partial charge in [0.1, 0.15) is 5.75 Å². The van der Waals surface area contributed by atoms with E-state index in [4.69, 9.17) is 16.3 Å². The fraction of sp³-hybridized carbons (Fsp3) is 0.381. The molecule has 8 heteroatoms. The summed E-state index contributed by atoms with van der Waals surface area (Å²) in [6.07, 6.45) is 1.88. The number of halogens is 1. The van der Waals surface area contributed by atoms with E-state index in [-0.39, 0.29) is 17.2 Å².